The molecule has 0 radical (unpaired) electrons. The summed E-state index contributed by atoms with van der Waals surface area (Å²) >= 11 is 0. The Morgan fingerprint density at radius 2 is 1.95 bits per heavy atom. The summed E-state index contributed by atoms with van der Waals surface area (Å²) in [7, 11) is 0. The van der Waals surface area contributed by atoms with Crippen LogP contribution in [0.15, 0.2) is 18.2 Å². The highest BCUT2D eigenvalue weighted by Gasteiger charge is 2.25. The Kier molecular flexibility index (Phi) is 3.23. The van der Waals surface area contributed by atoms with E-state index in [9.17, 15) is 0 Å². The van der Waals surface area contributed by atoms with Crippen molar-refractivity contribution in [3.63, 3.8) is 0 Å². The normalized spacial score (nSPS) is 17.1. The summed E-state index contributed by atoms with van der Waals surface area (Å²) in [6, 6.07) is 6.11. The molecule has 0 saturated heterocycles. The summed E-state index contributed by atoms with van der Waals surface area (Å²) in [6.45, 7) is 7.82. The summed E-state index contributed by atoms with van der Waals surface area (Å²) in [5.74, 6) is 2.00. The zero-order chi connectivity index (χ0) is 14.3. The van der Waals surface area contributed by atoms with Crippen molar-refractivity contribution in [3.05, 3.63) is 24.0 Å². The maximum absolute atomic E-state index is 5.91. The average Bonchev–Trinajstić information content (AvgIpc) is 2.97. The number of rotatable bonds is 2. The molecule has 3 nitrogen and oxygen atoms in total. The van der Waals surface area contributed by atoms with Gasteiger partial charge in [0.05, 0.1) is 11.0 Å². The van der Waals surface area contributed by atoms with E-state index in [0.29, 0.717) is 0 Å². The van der Waals surface area contributed by atoms with Crippen LogP contribution in [0.25, 0.3) is 11.0 Å². The van der Waals surface area contributed by atoms with E-state index >= 15 is 0 Å². The molecule has 1 aliphatic rings. The van der Waals surface area contributed by atoms with Crippen LogP contribution in [-0.4, -0.2) is 9.55 Å². The molecule has 1 aromatic carbocycles. The summed E-state index contributed by atoms with van der Waals surface area (Å²) in [6.07, 6.45) is 5.49. The first kappa shape index (κ1) is 13.5. The summed E-state index contributed by atoms with van der Waals surface area (Å²) < 4.78 is 2.44. The molecule has 1 saturated carbocycles. The lowest BCUT2D eigenvalue weighted by Crippen LogP contribution is -2.21. The molecule has 20 heavy (non-hydrogen) atoms. The van der Waals surface area contributed by atoms with Gasteiger partial charge < -0.3 is 10.3 Å². The quantitative estimate of drug-likeness (QED) is 0.835. The third kappa shape index (κ3) is 2.41. The zero-order valence-electron chi connectivity index (χ0n) is 12.8. The minimum absolute atomic E-state index is 0.0619. The van der Waals surface area contributed by atoms with Crippen LogP contribution in [0.5, 0.6) is 0 Å². The molecule has 1 aromatic heterocycles. The van der Waals surface area contributed by atoms with Crippen LogP contribution in [0.4, 0.5) is 5.69 Å². The predicted molar refractivity (Wildman–Crippen MR) is 84.8 cm³/mol. The molecular weight excluding hydrogens is 246 g/mol. The summed E-state index contributed by atoms with van der Waals surface area (Å²) in [5, 5.41) is 0. The van der Waals surface area contributed by atoms with Crippen molar-refractivity contribution in [2.24, 2.45) is 5.92 Å². The number of benzene rings is 1. The van der Waals surface area contributed by atoms with E-state index in [-0.39, 0.29) is 5.41 Å². The lowest BCUT2D eigenvalue weighted by Gasteiger charge is -2.22. The van der Waals surface area contributed by atoms with Crippen molar-refractivity contribution in [3.8, 4) is 0 Å². The fraction of sp³-hybridized carbons (Fsp3) is 0.588. The maximum atomic E-state index is 5.91. The highest BCUT2D eigenvalue weighted by molar-refractivity contribution is 5.79. The molecule has 2 aromatic rings. The highest BCUT2D eigenvalue weighted by atomic mass is 15.1. The number of nitrogens with zero attached hydrogens (tertiary/aromatic N) is 2. The number of anilines is 1. The Labute approximate surface area is 121 Å². The Morgan fingerprint density at radius 1 is 1.25 bits per heavy atom. The molecule has 0 amide bonds. The van der Waals surface area contributed by atoms with E-state index in [2.05, 4.69) is 31.4 Å². The molecule has 3 rings (SSSR count). The van der Waals surface area contributed by atoms with Gasteiger partial charge in [0, 0.05) is 17.6 Å². The van der Waals surface area contributed by atoms with Crippen LogP contribution in [0.2, 0.25) is 0 Å². The number of aromatic nitrogens is 2. The third-order valence-corrected chi connectivity index (χ3v) is 4.36. The molecule has 0 atom stereocenters. The fourth-order valence-corrected chi connectivity index (χ4v) is 3.36. The lowest BCUT2D eigenvalue weighted by atomic mass is 9.95. The van der Waals surface area contributed by atoms with Crippen LogP contribution in [0, 0.1) is 5.92 Å². The van der Waals surface area contributed by atoms with Crippen molar-refractivity contribution in [2.75, 3.05) is 5.73 Å². The van der Waals surface area contributed by atoms with E-state index in [1.165, 1.54) is 37.0 Å². The van der Waals surface area contributed by atoms with E-state index in [0.717, 1.165) is 23.7 Å². The Morgan fingerprint density at radius 3 is 2.60 bits per heavy atom. The first-order chi connectivity index (χ1) is 9.45. The second-order valence-electron chi connectivity index (χ2n) is 7.19. The van der Waals surface area contributed by atoms with Crippen LogP contribution >= 0.6 is 0 Å². The number of hydrogen-bond donors (Lipinski definition) is 1. The second-order valence-corrected chi connectivity index (χ2v) is 7.19. The van der Waals surface area contributed by atoms with Crippen molar-refractivity contribution in [2.45, 2.75) is 58.4 Å². The van der Waals surface area contributed by atoms with E-state index in [4.69, 9.17) is 10.7 Å². The molecule has 0 spiro atoms. The van der Waals surface area contributed by atoms with Crippen LogP contribution in [0.1, 0.15) is 52.3 Å². The Bertz CT molecular complexity index is 613. The number of fused-ring (bicyclic) bond motifs is 1. The SMILES string of the molecule is CC(C)(C)c1nc2cc(N)ccc2n1CC1CCCC1. The van der Waals surface area contributed by atoms with E-state index in [1.807, 2.05) is 12.1 Å². The van der Waals surface area contributed by atoms with E-state index in [1.54, 1.807) is 0 Å². The van der Waals surface area contributed by atoms with Gasteiger partial charge in [0.25, 0.3) is 0 Å². The first-order valence-corrected chi connectivity index (χ1v) is 7.71. The van der Waals surface area contributed by atoms with Crippen molar-refractivity contribution in [1.82, 2.24) is 9.55 Å². The van der Waals surface area contributed by atoms with E-state index < -0.39 is 0 Å². The van der Waals surface area contributed by atoms with Gasteiger partial charge in [-0.1, -0.05) is 33.6 Å². The zero-order valence-corrected chi connectivity index (χ0v) is 12.8. The van der Waals surface area contributed by atoms with Gasteiger partial charge in [-0.2, -0.15) is 0 Å². The minimum Gasteiger partial charge on any atom is -0.399 e. The highest BCUT2D eigenvalue weighted by Crippen LogP contribution is 2.32. The molecule has 1 heterocycles. The minimum atomic E-state index is 0.0619. The molecule has 3 heteroatoms. The van der Waals surface area contributed by atoms with Gasteiger partial charge >= 0.3 is 0 Å². The number of imidazole rings is 1. The average molecular weight is 271 g/mol. The lowest BCUT2D eigenvalue weighted by molar-refractivity contribution is 0.423. The first-order valence-electron chi connectivity index (χ1n) is 7.71. The van der Waals surface area contributed by atoms with Crippen LogP contribution in [0.3, 0.4) is 0 Å². The second kappa shape index (κ2) is 4.80. The van der Waals surface area contributed by atoms with Gasteiger partial charge in [0.1, 0.15) is 5.82 Å². The smallest absolute Gasteiger partial charge is 0.115 e. The number of nitrogen functional groups attached to an aromatic ring is 1. The molecular formula is C17H25N3. The number of nitrogens with two attached hydrogens (primary N) is 1. The monoisotopic (exact) mass is 271 g/mol. The molecule has 0 unspecified atom stereocenters. The molecule has 0 bridgehead atoms. The van der Waals surface area contributed by atoms with Gasteiger partial charge in [-0.15, -0.1) is 0 Å². The third-order valence-electron chi connectivity index (χ3n) is 4.36. The topological polar surface area (TPSA) is 43.8 Å². The Balaban J connectivity index is 2.10. The summed E-state index contributed by atoms with van der Waals surface area (Å²) in [4.78, 5) is 4.87. The number of hydrogen-bond acceptors (Lipinski definition) is 2. The molecule has 0 aliphatic heterocycles. The van der Waals surface area contributed by atoms with Crippen LogP contribution in [-0.2, 0) is 12.0 Å². The Hall–Kier alpha value is -1.51. The van der Waals surface area contributed by atoms with Gasteiger partial charge in [0.2, 0.25) is 0 Å². The molecule has 1 aliphatic carbocycles. The van der Waals surface area contributed by atoms with Gasteiger partial charge in [-0.3, -0.25) is 0 Å². The van der Waals surface area contributed by atoms with Gasteiger partial charge in [0.15, 0.2) is 0 Å². The molecule has 108 valence electrons. The standard InChI is InChI=1S/C17H25N3/c1-17(2,3)16-19-14-10-13(18)8-9-15(14)20(16)11-12-6-4-5-7-12/h8-10,12H,4-7,11,18H2,1-3H3. The van der Waals surface area contributed by atoms with Crippen molar-refractivity contribution >= 4 is 16.7 Å². The maximum Gasteiger partial charge on any atom is 0.115 e. The van der Waals surface area contributed by atoms with Crippen molar-refractivity contribution < 1.29 is 0 Å². The molecule has 1 fully saturated rings. The predicted octanol–water partition coefficient (Wildman–Crippen LogP) is 4.11. The fourth-order valence-electron chi connectivity index (χ4n) is 3.36. The van der Waals surface area contributed by atoms with Crippen molar-refractivity contribution in [1.29, 1.82) is 0 Å². The largest absolute Gasteiger partial charge is 0.399 e. The summed E-state index contributed by atoms with van der Waals surface area (Å²) in [5.41, 5.74) is 9.03. The van der Waals surface area contributed by atoms with Gasteiger partial charge in [-0.25, -0.2) is 4.98 Å². The van der Waals surface area contributed by atoms with Crippen LogP contribution < -0.4 is 5.73 Å². The van der Waals surface area contributed by atoms with Gasteiger partial charge in [-0.05, 0) is 37.0 Å². The molecule has 2 N–H and O–H groups in total.